The van der Waals surface area contributed by atoms with Crippen LogP contribution in [0.15, 0.2) is 24.3 Å². The summed E-state index contributed by atoms with van der Waals surface area (Å²) in [5, 5.41) is 26.7. The van der Waals surface area contributed by atoms with Crippen molar-refractivity contribution in [2.45, 2.75) is 186 Å². The number of likely N-dealkylation sites (N-methyl/N-ethyl adjacent to an activating group) is 1. The van der Waals surface area contributed by atoms with E-state index in [1.54, 1.807) is 41.7 Å². The van der Waals surface area contributed by atoms with Crippen molar-refractivity contribution in [3.63, 3.8) is 0 Å². The van der Waals surface area contributed by atoms with Crippen molar-refractivity contribution < 1.29 is 72.0 Å². The third kappa shape index (κ3) is 12.8. The standard InChI is InChI=1S/C49H82N2O15/c1-17-36-49(10,56)42(58-14)29(4)38(52)27(2)25-47(8,59-15)41(65-45-39(53)35(51(11)12)24-28(3)61-45)30(5)40(31(6)44(54)63-36)64-37-26-48(9,60-16)43(32(7)62-37)66-46(55)50-23-22-33-18-20-34(57-13)21-19-33/h18-21,27-32,35-37,39-43,45,53,56H,17,22-26H2,1-16H3,(H,50,55)/t27-,28-,29+,30+,31-,32+,35+,36-,37+,39-,40+,41-,42-,43+,45+,47-,48-,49-/m1/s1. The fourth-order valence-corrected chi connectivity index (χ4v) is 10.5. The number of esters is 1. The van der Waals surface area contributed by atoms with Gasteiger partial charge in [-0.1, -0.05) is 39.8 Å². The molecular weight excluding hydrogens is 857 g/mol. The van der Waals surface area contributed by atoms with Crippen molar-refractivity contribution in [3.05, 3.63) is 29.8 Å². The number of ether oxygens (including phenoxy) is 10. The minimum atomic E-state index is -1.77. The van der Waals surface area contributed by atoms with Gasteiger partial charge in [-0.15, -0.1) is 0 Å². The molecule has 3 aliphatic heterocycles. The van der Waals surface area contributed by atoms with Crippen molar-refractivity contribution in [2.24, 2.45) is 23.7 Å². The van der Waals surface area contributed by atoms with Gasteiger partial charge < -0.3 is 67.8 Å². The maximum absolute atomic E-state index is 14.6. The van der Waals surface area contributed by atoms with Crippen LogP contribution in [0.5, 0.6) is 5.75 Å². The fourth-order valence-electron chi connectivity index (χ4n) is 10.5. The third-order valence-electron chi connectivity index (χ3n) is 14.5. The third-order valence-corrected chi connectivity index (χ3v) is 14.5. The number of Topliss-reactive ketones (excluding diaryl/α,β-unsaturated/α-hetero) is 1. The Bertz CT molecular complexity index is 1720. The van der Waals surface area contributed by atoms with Crippen molar-refractivity contribution in [3.8, 4) is 5.75 Å². The number of carbonyl (C=O) groups excluding carboxylic acids is 3. The van der Waals surface area contributed by atoms with Gasteiger partial charge >= 0.3 is 12.1 Å². The lowest BCUT2D eigenvalue weighted by Crippen LogP contribution is -2.62. The van der Waals surface area contributed by atoms with Crippen molar-refractivity contribution in [1.29, 1.82) is 0 Å². The summed E-state index contributed by atoms with van der Waals surface area (Å²) in [7, 11) is 9.85. The van der Waals surface area contributed by atoms with Gasteiger partial charge in [-0.2, -0.15) is 0 Å². The molecule has 18 atom stereocenters. The topological polar surface area (TPSA) is 199 Å². The Labute approximate surface area is 393 Å². The lowest BCUT2D eigenvalue weighted by Gasteiger charge is -2.50. The summed E-state index contributed by atoms with van der Waals surface area (Å²) < 4.78 is 62.5. The van der Waals surface area contributed by atoms with Crippen LogP contribution >= 0.6 is 0 Å². The smallest absolute Gasteiger partial charge is 0.407 e. The Balaban J connectivity index is 1.73. The van der Waals surface area contributed by atoms with Crippen molar-refractivity contribution >= 4 is 17.8 Å². The van der Waals surface area contributed by atoms with Crippen LogP contribution in [0.3, 0.4) is 0 Å². The van der Waals surface area contributed by atoms with E-state index < -0.39 is 108 Å². The summed E-state index contributed by atoms with van der Waals surface area (Å²) in [6.07, 6.45) is -8.35. The number of rotatable bonds is 14. The molecule has 378 valence electrons. The fraction of sp³-hybridized carbons (Fsp3) is 0.816. The highest BCUT2D eigenvalue weighted by Crippen LogP contribution is 2.42. The quantitative estimate of drug-likeness (QED) is 0.209. The van der Waals surface area contributed by atoms with E-state index in [0.29, 0.717) is 19.4 Å². The maximum atomic E-state index is 14.6. The molecule has 0 spiro atoms. The number of carbonyl (C=O) groups is 3. The number of ketones is 1. The average molecular weight is 939 g/mol. The second-order valence-corrected chi connectivity index (χ2v) is 19.7. The number of amides is 1. The molecule has 3 heterocycles. The van der Waals surface area contributed by atoms with E-state index >= 15 is 0 Å². The minimum Gasteiger partial charge on any atom is -0.497 e. The number of benzene rings is 1. The van der Waals surface area contributed by atoms with Gasteiger partial charge in [-0.25, -0.2) is 4.79 Å². The summed E-state index contributed by atoms with van der Waals surface area (Å²) in [5.41, 5.74) is -3.15. The molecule has 0 aliphatic carbocycles. The summed E-state index contributed by atoms with van der Waals surface area (Å²) in [6, 6.07) is 7.28. The first-order valence-corrected chi connectivity index (χ1v) is 23.5. The molecule has 17 heteroatoms. The minimum absolute atomic E-state index is 0.0768. The maximum Gasteiger partial charge on any atom is 0.407 e. The highest BCUT2D eigenvalue weighted by molar-refractivity contribution is 5.83. The molecule has 3 saturated heterocycles. The van der Waals surface area contributed by atoms with Crippen LogP contribution in [-0.4, -0.2) is 166 Å². The van der Waals surface area contributed by atoms with Crippen LogP contribution in [0.1, 0.15) is 100 Å². The molecule has 0 bridgehead atoms. The Morgan fingerprint density at radius 2 is 1.48 bits per heavy atom. The monoisotopic (exact) mass is 939 g/mol. The van der Waals surface area contributed by atoms with Gasteiger partial charge in [0.2, 0.25) is 0 Å². The molecule has 0 aromatic heterocycles. The lowest BCUT2D eigenvalue weighted by atomic mass is 9.73. The van der Waals surface area contributed by atoms with Crippen LogP contribution in [-0.2, 0) is 58.6 Å². The molecular formula is C49H82N2O15. The van der Waals surface area contributed by atoms with Crippen molar-refractivity contribution in [2.75, 3.05) is 49.1 Å². The van der Waals surface area contributed by atoms with Crippen LogP contribution in [0.25, 0.3) is 0 Å². The summed E-state index contributed by atoms with van der Waals surface area (Å²) in [4.78, 5) is 44.2. The number of alkyl carbamates (subject to hydrolysis) is 1. The zero-order valence-corrected chi connectivity index (χ0v) is 42.4. The van der Waals surface area contributed by atoms with E-state index in [-0.39, 0.29) is 37.2 Å². The second-order valence-electron chi connectivity index (χ2n) is 19.7. The number of aliphatic hydroxyl groups excluding tert-OH is 1. The van der Waals surface area contributed by atoms with Gasteiger partial charge in [0, 0.05) is 58.1 Å². The lowest BCUT2D eigenvalue weighted by molar-refractivity contribution is -0.319. The Morgan fingerprint density at radius 1 is 0.864 bits per heavy atom. The molecule has 3 N–H and O–H groups in total. The van der Waals surface area contributed by atoms with Gasteiger partial charge in [0.15, 0.2) is 18.7 Å². The van der Waals surface area contributed by atoms with Crippen molar-refractivity contribution in [1.82, 2.24) is 10.2 Å². The van der Waals surface area contributed by atoms with Gasteiger partial charge in [-0.3, -0.25) is 9.59 Å². The van der Waals surface area contributed by atoms with Crippen LogP contribution < -0.4 is 10.1 Å². The molecule has 0 saturated carbocycles. The summed E-state index contributed by atoms with van der Waals surface area (Å²) >= 11 is 0. The first kappa shape index (κ1) is 55.6. The molecule has 3 fully saturated rings. The number of cyclic esters (lactones) is 1. The molecule has 0 unspecified atom stereocenters. The predicted molar refractivity (Wildman–Crippen MR) is 245 cm³/mol. The molecule has 0 radical (unpaired) electrons. The number of methoxy groups -OCH3 is 4. The molecule has 3 aliphatic rings. The Morgan fingerprint density at radius 3 is 2.05 bits per heavy atom. The molecule has 17 nitrogen and oxygen atoms in total. The van der Waals surface area contributed by atoms with E-state index in [1.807, 2.05) is 71.0 Å². The molecule has 4 rings (SSSR count). The summed E-state index contributed by atoms with van der Waals surface area (Å²) in [6.45, 7) is 18.0. The van der Waals surface area contributed by atoms with E-state index in [4.69, 9.17) is 47.4 Å². The molecule has 1 aromatic carbocycles. The van der Waals surface area contributed by atoms with Gasteiger partial charge in [0.25, 0.3) is 0 Å². The average Bonchev–Trinajstić information content (AvgIpc) is 3.27. The Kier molecular flexibility index (Phi) is 19.9. The summed E-state index contributed by atoms with van der Waals surface area (Å²) in [5.74, 6) is -3.38. The van der Waals surface area contributed by atoms with Gasteiger partial charge in [-0.05, 0) is 99.0 Å². The molecule has 1 amide bonds. The highest BCUT2D eigenvalue weighted by Gasteiger charge is 2.55. The number of hydrogen-bond donors (Lipinski definition) is 3. The molecule has 66 heavy (non-hydrogen) atoms. The van der Waals surface area contributed by atoms with Crippen LogP contribution in [0.2, 0.25) is 0 Å². The SMILES string of the molecule is CC[C@H]1OC(=O)[C@H](C)[C@@H](O[C@H]2C[C@@](C)(OC)[C@@H](OC(=O)NCCc3ccc(OC)cc3)[C@H](C)O2)[C@H](C)[C@@H](O[C@@H]2O[C@H](C)C[C@H](N(C)C)[C@H]2O)[C@](C)(OC)C[C@@H](C)C(=O)[C@H](C)[C@@H](OC)[C@]1(C)O. The van der Waals surface area contributed by atoms with E-state index in [0.717, 1.165) is 11.3 Å². The number of aliphatic hydroxyl groups is 2. The van der Waals surface area contributed by atoms with Gasteiger partial charge in [0.05, 0.1) is 49.1 Å². The largest absolute Gasteiger partial charge is 0.497 e. The van der Waals surface area contributed by atoms with E-state index in [2.05, 4.69) is 5.32 Å². The van der Waals surface area contributed by atoms with E-state index in [9.17, 15) is 24.6 Å². The molecule has 1 aromatic rings. The van der Waals surface area contributed by atoms with Crippen LogP contribution in [0.4, 0.5) is 4.79 Å². The zero-order chi connectivity index (χ0) is 49.5. The van der Waals surface area contributed by atoms with Gasteiger partial charge in [0.1, 0.15) is 34.9 Å². The zero-order valence-electron chi connectivity index (χ0n) is 42.4. The number of nitrogens with zero attached hydrogens (tertiary/aromatic N) is 1. The van der Waals surface area contributed by atoms with E-state index in [1.165, 1.54) is 28.3 Å². The number of nitrogens with one attached hydrogen (secondary N) is 1. The normalized spacial score (nSPS) is 40.9. The second kappa shape index (κ2) is 23.6. The predicted octanol–water partition coefficient (Wildman–Crippen LogP) is 5.08. The highest BCUT2D eigenvalue weighted by atomic mass is 16.7. The number of hydrogen-bond acceptors (Lipinski definition) is 16. The van der Waals surface area contributed by atoms with Crippen LogP contribution in [0, 0.1) is 23.7 Å². The first-order valence-electron chi connectivity index (χ1n) is 23.5. The first-order chi connectivity index (χ1) is 30.9. The Hall–Kier alpha value is -2.97.